The molecule has 0 radical (unpaired) electrons. The quantitative estimate of drug-likeness (QED) is 0.533. The monoisotopic (exact) mass is 400 g/mol. The molecule has 3 saturated carbocycles. The fourth-order valence-electron chi connectivity index (χ4n) is 8.46. The molecule has 2 heteroatoms. The fraction of sp³-hybridized carbons (Fsp3) is 0.852. The zero-order valence-corrected chi connectivity index (χ0v) is 19.3. The van der Waals surface area contributed by atoms with Crippen molar-refractivity contribution in [2.45, 2.75) is 98.0 Å². The van der Waals surface area contributed by atoms with E-state index in [-0.39, 0.29) is 6.10 Å². The molecule has 0 bridgehead atoms. The molecule has 2 N–H and O–H groups in total. The molecule has 0 saturated heterocycles. The molecular weight excluding hydrogens is 356 g/mol. The molecule has 0 aromatic rings. The van der Waals surface area contributed by atoms with Gasteiger partial charge in [-0.15, -0.1) is 0 Å². The van der Waals surface area contributed by atoms with Crippen molar-refractivity contribution in [3.63, 3.8) is 0 Å². The highest BCUT2D eigenvalue weighted by molar-refractivity contribution is 5.25. The smallest absolute Gasteiger partial charge is 0.0577 e. The zero-order valence-electron chi connectivity index (χ0n) is 19.3. The molecule has 0 aromatic carbocycles. The lowest BCUT2D eigenvalue weighted by Gasteiger charge is -2.58. The highest BCUT2D eigenvalue weighted by Gasteiger charge is 2.59. The van der Waals surface area contributed by atoms with Gasteiger partial charge in [0.1, 0.15) is 0 Å². The van der Waals surface area contributed by atoms with E-state index in [1.54, 1.807) is 5.57 Å². The lowest BCUT2D eigenvalue weighted by molar-refractivity contribution is -0.0620. The molecule has 3 fully saturated rings. The molecule has 29 heavy (non-hydrogen) atoms. The molecule has 0 amide bonds. The summed E-state index contributed by atoms with van der Waals surface area (Å²) in [7, 11) is 0. The van der Waals surface area contributed by atoms with Gasteiger partial charge in [0.25, 0.3) is 0 Å². The summed E-state index contributed by atoms with van der Waals surface area (Å²) < 4.78 is 0. The van der Waals surface area contributed by atoms with Gasteiger partial charge in [-0.25, -0.2) is 0 Å². The predicted octanol–water partition coefficient (Wildman–Crippen LogP) is 6.28. The maximum absolute atomic E-state index is 10.3. The molecule has 4 aliphatic rings. The summed E-state index contributed by atoms with van der Waals surface area (Å²) >= 11 is 0. The molecule has 164 valence electrons. The van der Waals surface area contributed by atoms with Crippen LogP contribution in [0, 0.1) is 40.4 Å². The molecule has 0 spiro atoms. The number of aliphatic hydroxyl groups excluding tert-OH is 2. The van der Waals surface area contributed by atoms with E-state index in [4.69, 9.17) is 0 Å². The predicted molar refractivity (Wildman–Crippen MR) is 120 cm³/mol. The summed E-state index contributed by atoms with van der Waals surface area (Å²) in [6, 6.07) is 0. The van der Waals surface area contributed by atoms with Gasteiger partial charge in [-0.1, -0.05) is 37.1 Å². The van der Waals surface area contributed by atoms with E-state index >= 15 is 0 Å². The summed E-state index contributed by atoms with van der Waals surface area (Å²) in [6.07, 6.45) is 16.7. The Hall–Kier alpha value is -0.600. The van der Waals surface area contributed by atoms with Gasteiger partial charge in [-0.05, 0) is 118 Å². The van der Waals surface area contributed by atoms with Crippen molar-refractivity contribution in [1.29, 1.82) is 0 Å². The van der Waals surface area contributed by atoms with E-state index in [0.717, 1.165) is 43.4 Å². The molecule has 0 aromatic heterocycles. The van der Waals surface area contributed by atoms with E-state index < -0.39 is 0 Å². The molecule has 0 unspecified atom stereocenters. The minimum Gasteiger partial charge on any atom is -0.396 e. The second kappa shape index (κ2) is 8.15. The molecule has 4 rings (SSSR count). The van der Waals surface area contributed by atoms with Crippen LogP contribution in [0.2, 0.25) is 0 Å². The number of hydrogen-bond donors (Lipinski definition) is 2. The van der Waals surface area contributed by atoms with Crippen LogP contribution in [0.5, 0.6) is 0 Å². The van der Waals surface area contributed by atoms with Crippen molar-refractivity contribution in [2.24, 2.45) is 40.4 Å². The fourth-order valence-corrected chi connectivity index (χ4v) is 8.46. The Balaban J connectivity index is 1.53. The summed E-state index contributed by atoms with van der Waals surface area (Å²) in [5.74, 6) is 3.61. The number of fused-ring (bicyclic) bond motifs is 5. The average Bonchev–Trinajstić information content (AvgIpc) is 3.03. The number of allylic oxidation sites excluding steroid dienone is 3. The van der Waals surface area contributed by atoms with E-state index in [2.05, 4.69) is 39.8 Å². The standard InChI is InChI=1S/C27H44O2/c1-18(2)6-5-7-19(17-28)23-10-11-24-22-9-8-20-16-21(29)12-14-26(20,3)25(22)13-15-27(23,24)4/h6,8,19,21-25,28-29H,5,7,9-17H2,1-4H3/t19-,21-,22-,23+,24-,25-,26-,27+/m0/s1. The first-order valence-electron chi connectivity index (χ1n) is 12.4. The van der Waals surface area contributed by atoms with Crippen LogP contribution in [-0.2, 0) is 0 Å². The Kier molecular flexibility index (Phi) is 6.08. The second-order valence-electron chi connectivity index (χ2n) is 11.7. The van der Waals surface area contributed by atoms with E-state index in [1.807, 2.05) is 0 Å². The third-order valence-electron chi connectivity index (χ3n) is 10.0. The molecule has 8 atom stereocenters. The maximum atomic E-state index is 10.3. The van der Waals surface area contributed by atoms with E-state index in [1.165, 1.54) is 44.1 Å². The zero-order chi connectivity index (χ0) is 20.8. The Morgan fingerprint density at radius 3 is 2.66 bits per heavy atom. The van der Waals surface area contributed by atoms with Crippen LogP contribution in [0.3, 0.4) is 0 Å². The minimum absolute atomic E-state index is 0.110. The van der Waals surface area contributed by atoms with Gasteiger partial charge in [-0.3, -0.25) is 0 Å². The SMILES string of the molecule is CC(C)=CCC[C@@H](CO)[C@H]1CC[C@H]2[C@@H]3CC=C4C[C@@H](O)CC[C@]4(C)[C@H]3CC[C@]12C. The van der Waals surface area contributed by atoms with Crippen LogP contribution in [-0.4, -0.2) is 22.9 Å². The van der Waals surface area contributed by atoms with Crippen LogP contribution in [0.15, 0.2) is 23.3 Å². The van der Waals surface area contributed by atoms with Crippen molar-refractivity contribution < 1.29 is 10.2 Å². The number of hydrogen-bond acceptors (Lipinski definition) is 2. The molecule has 0 aliphatic heterocycles. The molecular formula is C27H44O2. The topological polar surface area (TPSA) is 40.5 Å². The first-order chi connectivity index (χ1) is 13.8. The highest BCUT2D eigenvalue weighted by atomic mass is 16.3. The van der Waals surface area contributed by atoms with Crippen molar-refractivity contribution >= 4 is 0 Å². The Bertz CT molecular complexity index is 659. The van der Waals surface area contributed by atoms with Crippen molar-refractivity contribution in [3.05, 3.63) is 23.3 Å². The van der Waals surface area contributed by atoms with Gasteiger partial charge < -0.3 is 10.2 Å². The number of rotatable bonds is 5. The molecule has 4 aliphatic carbocycles. The summed E-state index contributed by atoms with van der Waals surface area (Å²) in [4.78, 5) is 0. The first-order valence-corrected chi connectivity index (χ1v) is 12.4. The summed E-state index contributed by atoms with van der Waals surface area (Å²) in [5, 5.41) is 20.5. The lowest BCUT2D eigenvalue weighted by Crippen LogP contribution is -2.51. The lowest BCUT2D eigenvalue weighted by atomic mass is 9.47. The van der Waals surface area contributed by atoms with Gasteiger partial charge in [0, 0.05) is 6.61 Å². The summed E-state index contributed by atoms with van der Waals surface area (Å²) in [6.45, 7) is 9.82. The maximum Gasteiger partial charge on any atom is 0.0577 e. The van der Waals surface area contributed by atoms with E-state index in [0.29, 0.717) is 29.3 Å². The van der Waals surface area contributed by atoms with Crippen LogP contribution >= 0.6 is 0 Å². The highest BCUT2D eigenvalue weighted by Crippen LogP contribution is 2.67. The molecule has 0 heterocycles. The van der Waals surface area contributed by atoms with Gasteiger partial charge >= 0.3 is 0 Å². The van der Waals surface area contributed by atoms with E-state index in [9.17, 15) is 10.2 Å². The Labute approximate surface area is 178 Å². The third-order valence-corrected chi connectivity index (χ3v) is 10.0. The normalized spacial score (nSPS) is 44.9. The largest absolute Gasteiger partial charge is 0.396 e. The van der Waals surface area contributed by atoms with Gasteiger partial charge in [-0.2, -0.15) is 0 Å². The van der Waals surface area contributed by atoms with Crippen molar-refractivity contribution in [3.8, 4) is 0 Å². The van der Waals surface area contributed by atoms with Crippen molar-refractivity contribution in [1.82, 2.24) is 0 Å². The van der Waals surface area contributed by atoms with Gasteiger partial charge in [0.05, 0.1) is 6.10 Å². The van der Waals surface area contributed by atoms with Crippen LogP contribution < -0.4 is 0 Å². The average molecular weight is 401 g/mol. The second-order valence-corrected chi connectivity index (χ2v) is 11.7. The number of aliphatic hydroxyl groups is 2. The first kappa shape index (κ1) is 21.6. The Morgan fingerprint density at radius 1 is 1.14 bits per heavy atom. The molecule has 2 nitrogen and oxygen atoms in total. The van der Waals surface area contributed by atoms with Crippen LogP contribution in [0.1, 0.15) is 91.9 Å². The van der Waals surface area contributed by atoms with Gasteiger partial charge in [0.2, 0.25) is 0 Å². The Morgan fingerprint density at radius 2 is 1.93 bits per heavy atom. The van der Waals surface area contributed by atoms with Gasteiger partial charge in [0.15, 0.2) is 0 Å². The van der Waals surface area contributed by atoms with Crippen LogP contribution in [0.4, 0.5) is 0 Å². The minimum atomic E-state index is -0.110. The third kappa shape index (κ3) is 3.67. The summed E-state index contributed by atoms with van der Waals surface area (Å²) in [5.41, 5.74) is 3.72. The van der Waals surface area contributed by atoms with Crippen LogP contribution in [0.25, 0.3) is 0 Å². The van der Waals surface area contributed by atoms with Crippen molar-refractivity contribution in [2.75, 3.05) is 6.61 Å².